The Kier molecular flexibility index (Phi) is 11.4. The van der Waals surface area contributed by atoms with E-state index in [-0.39, 0.29) is 73.8 Å². The second kappa shape index (κ2) is 9.22. The molecule has 0 aliphatic rings. The molecule has 0 N–H and O–H groups in total. The van der Waals surface area contributed by atoms with Crippen molar-refractivity contribution < 1.29 is 25.8 Å². The van der Waals surface area contributed by atoms with Crippen molar-refractivity contribution in [2.75, 3.05) is 0 Å². The average Bonchev–Trinajstić information content (AvgIpc) is 2.50. The monoisotopic (exact) mass is 593 g/mol. The topological polar surface area (TPSA) is 0 Å². The molecule has 0 bridgehead atoms. The van der Waals surface area contributed by atoms with Crippen LogP contribution in [0.3, 0.4) is 0 Å². The summed E-state index contributed by atoms with van der Waals surface area (Å²) in [5.41, 5.74) is 1.49. The number of fused-ring (bicyclic) bond motifs is 1. The fourth-order valence-corrected chi connectivity index (χ4v) is 1.70. The molecule has 0 heterocycles. The maximum absolute atomic E-state index is 2.24. The van der Waals surface area contributed by atoms with Gasteiger partial charge in [-0.05, 0) is 0 Å². The molecular formula is C12H15HfI2-. The number of rotatable bonds is 2. The van der Waals surface area contributed by atoms with Gasteiger partial charge in [0, 0.05) is 25.8 Å². The zero-order chi connectivity index (χ0) is 8.39. The third-order valence-corrected chi connectivity index (χ3v) is 2.29. The summed E-state index contributed by atoms with van der Waals surface area (Å²) in [4.78, 5) is 0. The van der Waals surface area contributed by atoms with E-state index in [2.05, 4.69) is 43.3 Å². The molecule has 0 fully saturated rings. The third kappa shape index (κ3) is 4.50. The number of hydrogen-bond acceptors (Lipinski definition) is 0. The number of benzene rings is 1. The summed E-state index contributed by atoms with van der Waals surface area (Å²) in [6.07, 6.45) is 2.43. The first-order chi connectivity index (χ1) is 5.92. The van der Waals surface area contributed by atoms with Gasteiger partial charge in [0.25, 0.3) is 0 Å². The second-order valence-electron chi connectivity index (χ2n) is 3.20. The van der Waals surface area contributed by atoms with Crippen molar-refractivity contribution in [2.24, 2.45) is 0 Å². The molecule has 0 spiro atoms. The molecule has 15 heavy (non-hydrogen) atoms. The van der Waals surface area contributed by atoms with Crippen LogP contribution in [0.5, 0.6) is 0 Å². The van der Waals surface area contributed by atoms with Gasteiger partial charge in [0.15, 0.2) is 0 Å². The molecule has 3 heteroatoms. The Labute approximate surface area is 144 Å². The molecule has 0 radical (unpaired) electrons. The Morgan fingerprint density at radius 3 is 2.40 bits per heavy atom. The molecule has 2 aromatic carbocycles. The SMILES string of the molecule is CCC[c-]1ccc2ccccc21.I.I.[Hf]. The summed E-state index contributed by atoms with van der Waals surface area (Å²) in [6, 6.07) is 13.0. The first-order valence-corrected chi connectivity index (χ1v) is 4.55. The van der Waals surface area contributed by atoms with Crippen molar-refractivity contribution in [1.29, 1.82) is 0 Å². The van der Waals surface area contributed by atoms with E-state index in [9.17, 15) is 0 Å². The standard InChI is InChI=1S/C12H13.Hf.2HI/c1-2-5-10-8-9-11-6-3-4-7-12(10)11;;;/h3-4,6-9H,2,5H2,1H3;;2*1H/q-1;;;. The minimum absolute atomic E-state index is 0. The van der Waals surface area contributed by atoms with Gasteiger partial charge < -0.3 is 0 Å². The fraction of sp³-hybridized carbons (Fsp3) is 0.250. The summed E-state index contributed by atoms with van der Waals surface area (Å²) in [5.74, 6) is 0. The van der Waals surface area contributed by atoms with Crippen molar-refractivity contribution in [2.45, 2.75) is 19.8 Å². The van der Waals surface area contributed by atoms with Gasteiger partial charge in [0.05, 0.1) is 0 Å². The quantitative estimate of drug-likeness (QED) is 0.269. The number of halogens is 2. The van der Waals surface area contributed by atoms with E-state index in [1.807, 2.05) is 0 Å². The van der Waals surface area contributed by atoms with Crippen molar-refractivity contribution in [3.05, 3.63) is 42.0 Å². The molecule has 2 aromatic rings. The van der Waals surface area contributed by atoms with E-state index < -0.39 is 0 Å². The van der Waals surface area contributed by atoms with E-state index in [0.29, 0.717) is 0 Å². The van der Waals surface area contributed by atoms with Gasteiger partial charge in [-0.15, -0.1) is 88.6 Å². The summed E-state index contributed by atoms with van der Waals surface area (Å²) >= 11 is 0. The van der Waals surface area contributed by atoms with E-state index in [4.69, 9.17) is 0 Å². The average molecular weight is 592 g/mol. The van der Waals surface area contributed by atoms with Crippen LogP contribution in [0.2, 0.25) is 0 Å². The van der Waals surface area contributed by atoms with Crippen molar-refractivity contribution >= 4 is 58.7 Å². The van der Waals surface area contributed by atoms with Crippen LogP contribution in [-0.4, -0.2) is 0 Å². The van der Waals surface area contributed by atoms with Crippen LogP contribution in [0.25, 0.3) is 10.8 Å². The van der Waals surface area contributed by atoms with Gasteiger partial charge in [-0.1, -0.05) is 25.8 Å². The van der Waals surface area contributed by atoms with Gasteiger partial charge in [-0.3, -0.25) is 0 Å². The van der Waals surface area contributed by atoms with E-state index >= 15 is 0 Å². The molecule has 0 saturated heterocycles. The van der Waals surface area contributed by atoms with Gasteiger partial charge in [-0.2, -0.15) is 6.07 Å². The predicted molar refractivity (Wildman–Crippen MR) is 84.4 cm³/mol. The van der Waals surface area contributed by atoms with Gasteiger partial charge in [0.2, 0.25) is 0 Å². The fourth-order valence-electron chi connectivity index (χ4n) is 1.70. The van der Waals surface area contributed by atoms with Crippen molar-refractivity contribution in [3.63, 3.8) is 0 Å². The molecule has 0 aliphatic heterocycles. The van der Waals surface area contributed by atoms with Crippen molar-refractivity contribution in [1.82, 2.24) is 0 Å². The normalized spacial score (nSPS) is 8.60. The maximum Gasteiger partial charge on any atom is 0 e. The molecule has 82 valence electrons. The smallest absolute Gasteiger partial charge is 0 e. The van der Waals surface area contributed by atoms with Crippen LogP contribution in [0.1, 0.15) is 18.9 Å². The number of aryl methyl sites for hydroxylation is 1. The summed E-state index contributed by atoms with van der Waals surface area (Å²) < 4.78 is 0. The maximum atomic E-state index is 2.24. The molecule has 0 nitrogen and oxygen atoms in total. The molecule has 0 unspecified atom stereocenters. The summed E-state index contributed by atoms with van der Waals surface area (Å²) in [6.45, 7) is 2.22. The molecule has 0 atom stereocenters. The van der Waals surface area contributed by atoms with Crippen LogP contribution in [-0.2, 0) is 32.3 Å². The van der Waals surface area contributed by atoms with Crippen LogP contribution in [0.4, 0.5) is 0 Å². The van der Waals surface area contributed by atoms with Gasteiger partial charge in [-0.25, -0.2) is 0 Å². The molecular weight excluding hydrogens is 576 g/mol. The minimum Gasteiger partial charge on any atom is -0.168 e. The predicted octanol–water partition coefficient (Wildman–Crippen LogP) is 4.74. The van der Waals surface area contributed by atoms with E-state index in [1.165, 1.54) is 29.2 Å². The zero-order valence-corrected chi connectivity index (χ0v) is 16.9. The van der Waals surface area contributed by atoms with Crippen LogP contribution >= 0.6 is 48.0 Å². The molecule has 0 aromatic heterocycles. The van der Waals surface area contributed by atoms with Crippen LogP contribution < -0.4 is 0 Å². The summed E-state index contributed by atoms with van der Waals surface area (Å²) in [7, 11) is 0. The van der Waals surface area contributed by atoms with Crippen molar-refractivity contribution in [3.8, 4) is 0 Å². The first kappa shape index (κ1) is 18.5. The van der Waals surface area contributed by atoms with Crippen LogP contribution in [0, 0.1) is 0 Å². The summed E-state index contributed by atoms with van der Waals surface area (Å²) in [5, 5.41) is 2.81. The van der Waals surface area contributed by atoms with Crippen LogP contribution in [0.15, 0.2) is 36.4 Å². The molecule has 2 rings (SSSR count). The Morgan fingerprint density at radius 1 is 1.07 bits per heavy atom. The Bertz CT molecular complexity index is 382. The van der Waals surface area contributed by atoms with Gasteiger partial charge in [0.1, 0.15) is 0 Å². The second-order valence-corrected chi connectivity index (χ2v) is 3.20. The molecule has 0 amide bonds. The Hall–Kier alpha value is 1.16. The molecule has 0 aliphatic carbocycles. The largest absolute Gasteiger partial charge is 0.168 e. The third-order valence-electron chi connectivity index (χ3n) is 2.29. The molecule has 0 saturated carbocycles. The Morgan fingerprint density at radius 2 is 1.73 bits per heavy atom. The Balaban J connectivity index is 0. The first-order valence-electron chi connectivity index (χ1n) is 4.55. The van der Waals surface area contributed by atoms with Gasteiger partial charge >= 0.3 is 0 Å². The zero-order valence-electron chi connectivity index (χ0n) is 8.69. The van der Waals surface area contributed by atoms with E-state index in [1.54, 1.807) is 0 Å². The minimum atomic E-state index is 0. The van der Waals surface area contributed by atoms with E-state index in [0.717, 1.165) is 0 Å². The number of hydrogen-bond donors (Lipinski definition) is 0.